The van der Waals surface area contributed by atoms with Gasteiger partial charge in [-0.15, -0.1) is 0 Å². The van der Waals surface area contributed by atoms with Crippen LogP contribution >= 0.6 is 0 Å². The van der Waals surface area contributed by atoms with E-state index >= 15 is 0 Å². The van der Waals surface area contributed by atoms with Gasteiger partial charge in [0.05, 0.1) is 6.54 Å². The molecule has 1 saturated heterocycles. The van der Waals surface area contributed by atoms with E-state index in [1.807, 2.05) is 19.0 Å². The summed E-state index contributed by atoms with van der Waals surface area (Å²) in [6, 6.07) is 6.54. The van der Waals surface area contributed by atoms with Gasteiger partial charge in [-0.25, -0.2) is 9.18 Å². The first-order valence-corrected chi connectivity index (χ1v) is 10.1. The first-order chi connectivity index (χ1) is 13.0. The summed E-state index contributed by atoms with van der Waals surface area (Å²) in [4.78, 5) is 18.8. The molecule has 27 heavy (non-hydrogen) atoms. The topological polar surface area (TPSA) is 38.8 Å². The molecule has 1 heterocycles. The van der Waals surface area contributed by atoms with Crippen LogP contribution in [0.25, 0.3) is 0 Å². The molecule has 1 aliphatic rings. The van der Waals surface area contributed by atoms with E-state index in [9.17, 15) is 9.18 Å². The average molecular weight is 379 g/mol. The molecule has 1 aromatic carbocycles. The lowest BCUT2D eigenvalue weighted by atomic mass is 9.99. The van der Waals surface area contributed by atoms with Gasteiger partial charge in [-0.1, -0.05) is 25.1 Å². The second-order valence-electron chi connectivity index (χ2n) is 7.93. The van der Waals surface area contributed by atoms with Crippen LogP contribution in [0.2, 0.25) is 0 Å². The summed E-state index contributed by atoms with van der Waals surface area (Å²) in [6.45, 7) is 7.92. The van der Waals surface area contributed by atoms with Gasteiger partial charge in [0.15, 0.2) is 0 Å². The van der Waals surface area contributed by atoms with Crippen molar-refractivity contribution in [2.45, 2.75) is 32.7 Å². The summed E-state index contributed by atoms with van der Waals surface area (Å²) >= 11 is 0. The Morgan fingerprint density at radius 1 is 1.22 bits per heavy atom. The third kappa shape index (κ3) is 7.85. The predicted molar refractivity (Wildman–Crippen MR) is 108 cm³/mol. The van der Waals surface area contributed by atoms with Gasteiger partial charge >= 0.3 is 6.03 Å². The number of likely N-dealkylation sites (N-methyl/N-ethyl adjacent to an activating group) is 1. The first kappa shape index (κ1) is 21.6. The van der Waals surface area contributed by atoms with Crippen LogP contribution in [-0.2, 0) is 6.54 Å². The summed E-state index contributed by atoms with van der Waals surface area (Å²) < 4.78 is 14.0. The third-order valence-electron chi connectivity index (χ3n) is 5.23. The Balaban J connectivity index is 1.79. The molecule has 152 valence electrons. The Hall–Kier alpha value is -1.66. The highest BCUT2D eigenvalue weighted by atomic mass is 19.1. The number of hydrogen-bond donors (Lipinski definition) is 1. The van der Waals surface area contributed by atoms with Crippen LogP contribution in [0, 0.1) is 11.7 Å². The molecule has 0 spiro atoms. The van der Waals surface area contributed by atoms with E-state index in [4.69, 9.17) is 0 Å². The van der Waals surface area contributed by atoms with Gasteiger partial charge in [-0.05, 0) is 65.0 Å². The second kappa shape index (κ2) is 11.2. The summed E-state index contributed by atoms with van der Waals surface area (Å²) in [5, 5.41) is 3.01. The standard InChI is InChI=1S/C21H35FN4O/c1-18-9-13-25(14-10-18)12-6-11-23-21(27)26(16-15-24(2)3)17-19-7-4-5-8-20(19)22/h4-5,7-8,18H,6,9-17H2,1-3H3,(H,23,27). The number of likely N-dealkylation sites (tertiary alicyclic amines) is 1. The maximum absolute atomic E-state index is 14.0. The lowest BCUT2D eigenvalue weighted by molar-refractivity contribution is 0.181. The highest BCUT2D eigenvalue weighted by molar-refractivity contribution is 5.74. The van der Waals surface area contributed by atoms with E-state index in [0.717, 1.165) is 38.5 Å². The molecule has 1 aliphatic heterocycles. The average Bonchev–Trinajstić information content (AvgIpc) is 2.64. The normalized spacial score (nSPS) is 15.9. The van der Waals surface area contributed by atoms with E-state index in [0.29, 0.717) is 18.7 Å². The van der Waals surface area contributed by atoms with Crippen LogP contribution in [0.1, 0.15) is 31.7 Å². The maximum Gasteiger partial charge on any atom is 0.317 e. The van der Waals surface area contributed by atoms with Crippen molar-refractivity contribution in [1.29, 1.82) is 0 Å². The van der Waals surface area contributed by atoms with Crippen LogP contribution in [0.4, 0.5) is 9.18 Å². The fourth-order valence-electron chi connectivity index (χ4n) is 3.30. The molecular formula is C21H35FN4O. The number of hydrogen-bond acceptors (Lipinski definition) is 3. The molecule has 6 heteroatoms. The SMILES string of the molecule is CC1CCN(CCCNC(=O)N(CCN(C)C)Cc2ccccc2F)CC1. The summed E-state index contributed by atoms with van der Waals surface area (Å²) in [5.74, 6) is 0.573. The summed E-state index contributed by atoms with van der Waals surface area (Å²) in [7, 11) is 3.94. The Morgan fingerprint density at radius 2 is 1.93 bits per heavy atom. The maximum atomic E-state index is 14.0. The highest BCUT2D eigenvalue weighted by Gasteiger charge is 2.17. The number of amides is 2. The predicted octanol–water partition coefficient (Wildman–Crippen LogP) is 3.02. The second-order valence-corrected chi connectivity index (χ2v) is 7.93. The van der Waals surface area contributed by atoms with Crippen LogP contribution in [0.3, 0.4) is 0 Å². The molecule has 0 bridgehead atoms. The van der Waals surface area contributed by atoms with Crippen molar-refractivity contribution in [3.05, 3.63) is 35.6 Å². The third-order valence-corrected chi connectivity index (χ3v) is 5.23. The van der Waals surface area contributed by atoms with Crippen molar-refractivity contribution in [2.24, 2.45) is 5.92 Å². The number of piperidine rings is 1. The number of nitrogens with zero attached hydrogens (tertiary/aromatic N) is 3. The van der Waals surface area contributed by atoms with Gasteiger partial charge in [0.2, 0.25) is 0 Å². The van der Waals surface area contributed by atoms with Gasteiger partial charge < -0.3 is 20.0 Å². The van der Waals surface area contributed by atoms with Crippen molar-refractivity contribution in [1.82, 2.24) is 20.0 Å². The number of halogens is 1. The molecular weight excluding hydrogens is 343 g/mol. The molecule has 0 atom stereocenters. The van der Waals surface area contributed by atoms with E-state index in [2.05, 4.69) is 17.1 Å². The molecule has 0 aromatic heterocycles. The molecule has 2 rings (SSSR count). The molecule has 0 unspecified atom stereocenters. The minimum Gasteiger partial charge on any atom is -0.338 e. The van der Waals surface area contributed by atoms with Gasteiger partial charge in [0.25, 0.3) is 0 Å². The van der Waals surface area contributed by atoms with Crippen molar-refractivity contribution in [2.75, 3.05) is 53.4 Å². The Labute approximate surface area is 163 Å². The van der Waals surface area contributed by atoms with Gasteiger partial charge in [-0.2, -0.15) is 0 Å². The van der Waals surface area contributed by atoms with Crippen molar-refractivity contribution in [3.8, 4) is 0 Å². The van der Waals surface area contributed by atoms with Crippen molar-refractivity contribution < 1.29 is 9.18 Å². The molecule has 0 saturated carbocycles. The minimum atomic E-state index is -0.264. The first-order valence-electron chi connectivity index (χ1n) is 10.1. The van der Waals surface area contributed by atoms with Crippen LogP contribution < -0.4 is 5.32 Å². The highest BCUT2D eigenvalue weighted by Crippen LogP contribution is 2.15. The summed E-state index contributed by atoms with van der Waals surface area (Å²) in [5.41, 5.74) is 0.550. The summed E-state index contributed by atoms with van der Waals surface area (Å²) in [6.07, 6.45) is 3.49. The Kier molecular flexibility index (Phi) is 9.01. The quantitative estimate of drug-likeness (QED) is 0.672. The number of carbonyl (C=O) groups excluding carboxylic acids is 1. The number of nitrogens with one attached hydrogen (secondary N) is 1. The van der Waals surface area contributed by atoms with E-state index in [-0.39, 0.29) is 18.4 Å². The largest absolute Gasteiger partial charge is 0.338 e. The molecule has 5 nitrogen and oxygen atoms in total. The zero-order valence-corrected chi connectivity index (χ0v) is 17.1. The van der Waals surface area contributed by atoms with Crippen molar-refractivity contribution >= 4 is 6.03 Å². The van der Waals surface area contributed by atoms with Crippen LogP contribution in [0.5, 0.6) is 0 Å². The van der Waals surface area contributed by atoms with Crippen LogP contribution in [0.15, 0.2) is 24.3 Å². The fraction of sp³-hybridized carbons (Fsp3) is 0.667. The molecule has 1 aromatic rings. The number of benzene rings is 1. The molecule has 0 radical (unpaired) electrons. The van der Waals surface area contributed by atoms with E-state index < -0.39 is 0 Å². The number of carbonyl (C=O) groups is 1. The monoisotopic (exact) mass is 378 g/mol. The molecule has 1 fully saturated rings. The molecule has 0 aliphatic carbocycles. The minimum absolute atomic E-state index is 0.118. The van der Waals surface area contributed by atoms with Crippen molar-refractivity contribution in [3.63, 3.8) is 0 Å². The fourth-order valence-corrected chi connectivity index (χ4v) is 3.30. The van der Waals surface area contributed by atoms with Crippen LogP contribution in [-0.4, -0.2) is 74.1 Å². The van der Waals surface area contributed by atoms with E-state index in [1.54, 1.807) is 23.1 Å². The van der Waals surface area contributed by atoms with Gasteiger partial charge in [0, 0.05) is 25.2 Å². The van der Waals surface area contributed by atoms with Gasteiger partial charge in [-0.3, -0.25) is 0 Å². The smallest absolute Gasteiger partial charge is 0.317 e. The Morgan fingerprint density at radius 3 is 2.59 bits per heavy atom. The zero-order chi connectivity index (χ0) is 19.6. The molecule has 1 N–H and O–H groups in total. The zero-order valence-electron chi connectivity index (χ0n) is 17.1. The lowest BCUT2D eigenvalue weighted by Gasteiger charge is -2.30. The lowest BCUT2D eigenvalue weighted by Crippen LogP contribution is -2.43. The number of rotatable bonds is 9. The van der Waals surface area contributed by atoms with Gasteiger partial charge in [0.1, 0.15) is 5.82 Å². The Bertz CT molecular complexity index is 573. The number of urea groups is 1. The van der Waals surface area contributed by atoms with E-state index in [1.165, 1.54) is 18.9 Å². The molecule has 2 amide bonds.